The molecule has 0 aliphatic rings. The SMILES string of the molecule is CONC(=O)c1c(N)cccc1F. The molecule has 1 amide bonds. The van der Waals surface area contributed by atoms with Gasteiger partial charge in [0, 0.05) is 5.69 Å². The Labute approximate surface area is 74.4 Å². The zero-order chi connectivity index (χ0) is 9.84. The van der Waals surface area contributed by atoms with Gasteiger partial charge in [-0.3, -0.25) is 9.63 Å². The number of hydroxylamine groups is 1. The van der Waals surface area contributed by atoms with Gasteiger partial charge in [0.1, 0.15) is 11.4 Å². The predicted molar refractivity (Wildman–Crippen MR) is 45.3 cm³/mol. The first kappa shape index (κ1) is 9.47. The number of hydrogen-bond donors (Lipinski definition) is 2. The number of anilines is 1. The molecule has 0 aliphatic heterocycles. The first-order chi connectivity index (χ1) is 6.16. The van der Waals surface area contributed by atoms with Crippen LogP contribution in [0.25, 0.3) is 0 Å². The molecule has 70 valence electrons. The number of amides is 1. The summed E-state index contributed by atoms with van der Waals surface area (Å²) < 4.78 is 13.0. The quantitative estimate of drug-likeness (QED) is 0.525. The van der Waals surface area contributed by atoms with Crippen molar-refractivity contribution in [2.24, 2.45) is 0 Å². The third-order valence-corrected chi connectivity index (χ3v) is 1.47. The lowest BCUT2D eigenvalue weighted by Gasteiger charge is -2.05. The summed E-state index contributed by atoms with van der Waals surface area (Å²) in [4.78, 5) is 15.5. The molecule has 0 atom stereocenters. The highest BCUT2D eigenvalue weighted by Gasteiger charge is 2.14. The van der Waals surface area contributed by atoms with E-state index in [0.717, 1.165) is 6.07 Å². The summed E-state index contributed by atoms with van der Waals surface area (Å²) in [5, 5.41) is 0. The molecule has 0 aliphatic carbocycles. The molecule has 4 nitrogen and oxygen atoms in total. The molecule has 0 spiro atoms. The topological polar surface area (TPSA) is 64.3 Å². The van der Waals surface area contributed by atoms with Gasteiger partial charge in [0.05, 0.1) is 7.11 Å². The second-order valence-corrected chi connectivity index (χ2v) is 2.34. The molecule has 1 rings (SSSR count). The monoisotopic (exact) mass is 184 g/mol. The van der Waals surface area contributed by atoms with E-state index < -0.39 is 11.7 Å². The third-order valence-electron chi connectivity index (χ3n) is 1.47. The molecule has 1 aromatic carbocycles. The number of nitrogens with one attached hydrogen (secondary N) is 1. The molecular formula is C8H9FN2O2. The summed E-state index contributed by atoms with van der Waals surface area (Å²) in [5.41, 5.74) is 7.25. The maximum absolute atomic E-state index is 13.0. The molecule has 3 N–H and O–H groups in total. The average Bonchev–Trinajstić information content (AvgIpc) is 2.04. The highest BCUT2D eigenvalue weighted by molar-refractivity contribution is 5.98. The van der Waals surface area contributed by atoms with Gasteiger partial charge in [-0.25, -0.2) is 9.87 Å². The number of nitrogen functional groups attached to an aromatic ring is 1. The molecule has 0 fully saturated rings. The standard InChI is InChI=1S/C8H9FN2O2/c1-13-11-8(12)7-5(9)3-2-4-6(7)10/h2-4H,10H2,1H3,(H,11,12). The molecule has 1 aromatic rings. The van der Waals surface area contributed by atoms with Crippen LogP contribution < -0.4 is 11.2 Å². The largest absolute Gasteiger partial charge is 0.398 e. The van der Waals surface area contributed by atoms with Crippen LogP contribution in [0, 0.1) is 5.82 Å². The summed E-state index contributed by atoms with van der Waals surface area (Å²) in [6, 6.07) is 4.02. The lowest BCUT2D eigenvalue weighted by atomic mass is 10.1. The molecule has 0 radical (unpaired) electrons. The fourth-order valence-electron chi connectivity index (χ4n) is 0.924. The van der Waals surface area contributed by atoms with E-state index >= 15 is 0 Å². The molecule has 0 unspecified atom stereocenters. The Kier molecular flexibility index (Phi) is 2.81. The van der Waals surface area contributed by atoms with Crippen molar-refractivity contribution in [3.05, 3.63) is 29.6 Å². The maximum Gasteiger partial charge on any atom is 0.279 e. The average molecular weight is 184 g/mol. The summed E-state index contributed by atoms with van der Waals surface area (Å²) in [7, 11) is 1.26. The van der Waals surface area contributed by atoms with Gasteiger partial charge >= 0.3 is 0 Å². The van der Waals surface area contributed by atoms with Crippen LogP contribution >= 0.6 is 0 Å². The van der Waals surface area contributed by atoms with Gasteiger partial charge in [0.2, 0.25) is 0 Å². The van der Waals surface area contributed by atoms with E-state index in [2.05, 4.69) is 4.84 Å². The van der Waals surface area contributed by atoms with E-state index in [4.69, 9.17) is 5.73 Å². The smallest absolute Gasteiger partial charge is 0.279 e. The number of carbonyl (C=O) groups excluding carboxylic acids is 1. The Morgan fingerprint density at radius 3 is 2.85 bits per heavy atom. The highest BCUT2D eigenvalue weighted by Crippen LogP contribution is 2.14. The minimum Gasteiger partial charge on any atom is -0.398 e. The van der Waals surface area contributed by atoms with E-state index in [1.165, 1.54) is 19.2 Å². The number of nitrogens with two attached hydrogens (primary N) is 1. The van der Waals surface area contributed by atoms with E-state index in [0.29, 0.717) is 0 Å². The molecule has 0 aromatic heterocycles. The number of rotatable bonds is 2. The molecule has 0 saturated heterocycles. The fraction of sp³-hybridized carbons (Fsp3) is 0.125. The van der Waals surface area contributed by atoms with Gasteiger partial charge in [-0.1, -0.05) is 6.07 Å². The van der Waals surface area contributed by atoms with Crippen LogP contribution in [-0.2, 0) is 4.84 Å². The Morgan fingerprint density at radius 2 is 2.31 bits per heavy atom. The maximum atomic E-state index is 13.0. The Bertz CT molecular complexity index is 308. The van der Waals surface area contributed by atoms with Crippen LogP contribution in [-0.4, -0.2) is 13.0 Å². The Balaban J connectivity index is 3.05. The Hall–Kier alpha value is -1.62. The van der Waals surface area contributed by atoms with Gasteiger partial charge in [-0.05, 0) is 12.1 Å². The van der Waals surface area contributed by atoms with Crippen LogP contribution in [0.5, 0.6) is 0 Å². The van der Waals surface area contributed by atoms with Crippen LogP contribution in [0.4, 0.5) is 10.1 Å². The van der Waals surface area contributed by atoms with Gasteiger partial charge in [-0.2, -0.15) is 0 Å². The fourth-order valence-corrected chi connectivity index (χ4v) is 0.924. The highest BCUT2D eigenvalue weighted by atomic mass is 19.1. The second-order valence-electron chi connectivity index (χ2n) is 2.34. The lowest BCUT2D eigenvalue weighted by molar-refractivity contribution is 0.0534. The van der Waals surface area contributed by atoms with Crippen LogP contribution in [0.2, 0.25) is 0 Å². The minimum atomic E-state index is -0.696. The number of carbonyl (C=O) groups is 1. The molecule has 0 saturated carbocycles. The van der Waals surface area contributed by atoms with Crippen molar-refractivity contribution in [2.75, 3.05) is 12.8 Å². The molecular weight excluding hydrogens is 175 g/mol. The summed E-state index contributed by atoms with van der Waals surface area (Å²) >= 11 is 0. The van der Waals surface area contributed by atoms with Crippen molar-refractivity contribution in [3.63, 3.8) is 0 Å². The van der Waals surface area contributed by atoms with Crippen molar-refractivity contribution in [1.82, 2.24) is 5.48 Å². The van der Waals surface area contributed by atoms with E-state index in [9.17, 15) is 9.18 Å². The zero-order valence-electron chi connectivity index (χ0n) is 7.00. The van der Waals surface area contributed by atoms with Crippen molar-refractivity contribution in [1.29, 1.82) is 0 Å². The van der Waals surface area contributed by atoms with Gasteiger partial charge in [-0.15, -0.1) is 0 Å². The minimum absolute atomic E-state index is 0.0783. The predicted octanol–water partition coefficient (Wildman–Crippen LogP) is 0.699. The number of halogens is 1. The van der Waals surface area contributed by atoms with Crippen molar-refractivity contribution >= 4 is 11.6 Å². The summed E-state index contributed by atoms with van der Waals surface area (Å²) in [5.74, 6) is -1.37. The molecule has 5 heteroatoms. The van der Waals surface area contributed by atoms with Crippen LogP contribution in [0.15, 0.2) is 18.2 Å². The third kappa shape index (κ3) is 1.94. The van der Waals surface area contributed by atoms with E-state index in [-0.39, 0.29) is 11.3 Å². The Morgan fingerprint density at radius 1 is 1.62 bits per heavy atom. The van der Waals surface area contributed by atoms with Crippen LogP contribution in [0.3, 0.4) is 0 Å². The van der Waals surface area contributed by atoms with E-state index in [1.807, 2.05) is 5.48 Å². The van der Waals surface area contributed by atoms with E-state index in [1.54, 1.807) is 0 Å². The van der Waals surface area contributed by atoms with Crippen LogP contribution in [0.1, 0.15) is 10.4 Å². The molecule has 13 heavy (non-hydrogen) atoms. The van der Waals surface area contributed by atoms with Crippen molar-refractivity contribution in [3.8, 4) is 0 Å². The summed E-state index contributed by atoms with van der Waals surface area (Å²) in [6.07, 6.45) is 0. The van der Waals surface area contributed by atoms with Crippen molar-refractivity contribution < 1.29 is 14.0 Å². The molecule has 0 heterocycles. The van der Waals surface area contributed by atoms with Gasteiger partial charge in [0.15, 0.2) is 0 Å². The number of benzene rings is 1. The zero-order valence-corrected chi connectivity index (χ0v) is 7.00. The van der Waals surface area contributed by atoms with Gasteiger partial charge in [0.25, 0.3) is 5.91 Å². The molecule has 0 bridgehead atoms. The van der Waals surface area contributed by atoms with Crippen molar-refractivity contribution in [2.45, 2.75) is 0 Å². The summed E-state index contributed by atoms with van der Waals surface area (Å²) in [6.45, 7) is 0. The normalized spacial score (nSPS) is 9.69. The first-order valence-corrected chi connectivity index (χ1v) is 3.54. The lowest BCUT2D eigenvalue weighted by Crippen LogP contribution is -2.24. The first-order valence-electron chi connectivity index (χ1n) is 3.54. The van der Waals surface area contributed by atoms with Gasteiger partial charge < -0.3 is 5.73 Å². The number of hydrogen-bond acceptors (Lipinski definition) is 3. The second kappa shape index (κ2) is 3.86.